The summed E-state index contributed by atoms with van der Waals surface area (Å²) in [6.45, 7) is 3.66. The largest absolute Gasteiger partial charge is 0.392 e. The summed E-state index contributed by atoms with van der Waals surface area (Å²) in [7, 11) is 0. The number of nitrogens with zero attached hydrogens (tertiary/aromatic N) is 3. The van der Waals surface area contributed by atoms with Crippen molar-refractivity contribution in [3.63, 3.8) is 0 Å². The molecule has 0 radical (unpaired) electrons. The molecule has 0 aliphatic heterocycles. The highest BCUT2D eigenvalue weighted by Crippen LogP contribution is 2.28. The number of aliphatic hydroxyl groups excluding tert-OH is 1. The smallest absolute Gasteiger partial charge is 0.225 e. The van der Waals surface area contributed by atoms with Crippen LogP contribution in [0.5, 0.6) is 0 Å². The minimum atomic E-state index is -0.420. The third-order valence-corrected chi connectivity index (χ3v) is 3.66. The number of hydrogen-bond acceptors (Lipinski definition) is 5. The number of halogens is 1. The number of aromatic amines is 1. The number of aliphatic hydroxyl groups is 1. The third-order valence-electron chi connectivity index (χ3n) is 2.20. The highest BCUT2D eigenvalue weighted by molar-refractivity contribution is 8.00. The standard InChI is InChI=1S/C9H11ClN4OS/c1-4(15)5(2)16-8-6-7(12-3-11-6)13-9(10)14-8/h3-5,15H,1-2H3,(H,11,12,13,14). The summed E-state index contributed by atoms with van der Waals surface area (Å²) in [4.78, 5) is 15.1. The predicted octanol–water partition coefficient (Wildman–Crippen LogP) is 1.87. The normalized spacial score (nSPS) is 15.2. The zero-order valence-electron chi connectivity index (χ0n) is 8.81. The molecule has 0 aliphatic carbocycles. The number of H-pyrrole nitrogens is 1. The number of thioether (sulfide) groups is 1. The Morgan fingerprint density at radius 3 is 2.88 bits per heavy atom. The third kappa shape index (κ3) is 2.28. The Hall–Kier alpha value is -0.850. The zero-order valence-corrected chi connectivity index (χ0v) is 10.4. The SMILES string of the molecule is CC(O)C(C)Sc1nc(Cl)nc2nc[nH]c12. The molecule has 0 amide bonds. The molecular weight excluding hydrogens is 248 g/mol. The van der Waals surface area contributed by atoms with E-state index in [4.69, 9.17) is 11.6 Å². The second-order valence-corrected chi connectivity index (χ2v) is 5.17. The van der Waals surface area contributed by atoms with E-state index in [1.807, 2.05) is 6.92 Å². The van der Waals surface area contributed by atoms with Crippen molar-refractivity contribution < 1.29 is 5.11 Å². The fraction of sp³-hybridized carbons (Fsp3) is 0.444. The number of imidazole rings is 1. The maximum Gasteiger partial charge on any atom is 0.225 e. The fourth-order valence-corrected chi connectivity index (χ4v) is 2.31. The van der Waals surface area contributed by atoms with E-state index < -0.39 is 6.10 Å². The van der Waals surface area contributed by atoms with E-state index in [1.54, 1.807) is 13.3 Å². The lowest BCUT2D eigenvalue weighted by Crippen LogP contribution is -2.15. The fourth-order valence-electron chi connectivity index (χ4n) is 1.14. The number of nitrogens with one attached hydrogen (secondary N) is 1. The molecule has 0 saturated carbocycles. The van der Waals surface area contributed by atoms with Crippen molar-refractivity contribution in [1.82, 2.24) is 19.9 Å². The number of rotatable bonds is 3. The number of aromatic nitrogens is 4. The van der Waals surface area contributed by atoms with E-state index in [0.29, 0.717) is 10.7 Å². The van der Waals surface area contributed by atoms with Crippen LogP contribution in [0.1, 0.15) is 13.8 Å². The molecule has 0 saturated heterocycles. The van der Waals surface area contributed by atoms with E-state index in [2.05, 4.69) is 19.9 Å². The first kappa shape index (κ1) is 11.6. The van der Waals surface area contributed by atoms with Crippen LogP contribution >= 0.6 is 23.4 Å². The lowest BCUT2D eigenvalue weighted by molar-refractivity contribution is 0.196. The minimum absolute atomic E-state index is 0.0254. The molecule has 7 heteroatoms. The molecule has 2 unspecified atom stereocenters. The van der Waals surface area contributed by atoms with Crippen LogP contribution in [0.4, 0.5) is 0 Å². The monoisotopic (exact) mass is 258 g/mol. The molecule has 2 atom stereocenters. The van der Waals surface area contributed by atoms with Crippen molar-refractivity contribution in [2.45, 2.75) is 30.2 Å². The minimum Gasteiger partial charge on any atom is -0.392 e. The van der Waals surface area contributed by atoms with Gasteiger partial charge in [0.1, 0.15) is 10.5 Å². The molecule has 2 heterocycles. The molecule has 0 aliphatic rings. The van der Waals surface area contributed by atoms with Gasteiger partial charge in [0.25, 0.3) is 0 Å². The first-order valence-electron chi connectivity index (χ1n) is 4.79. The molecule has 0 spiro atoms. The topological polar surface area (TPSA) is 74.7 Å². The van der Waals surface area contributed by atoms with Crippen molar-refractivity contribution in [2.24, 2.45) is 0 Å². The highest BCUT2D eigenvalue weighted by atomic mass is 35.5. The lowest BCUT2D eigenvalue weighted by atomic mass is 10.3. The van der Waals surface area contributed by atoms with Gasteiger partial charge in [0.2, 0.25) is 5.28 Å². The molecular formula is C9H11ClN4OS. The molecule has 2 N–H and O–H groups in total. The quantitative estimate of drug-likeness (QED) is 0.499. The summed E-state index contributed by atoms with van der Waals surface area (Å²) in [5.41, 5.74) is 1.29. The van der Waals surface area contributed by atoms with Crippen LogP contribution in [0.25, 0.3) is 11.2 Å². The van der Waals surface area contributed by atoms with Gasteiger partial charge in [-0.15, -0.1) is 0 Å². The molecule has 2 aromatic heterocycles. The Labute approximate surface area is 102 Å². The summed E-state index contributed by atoms with van der Waals surface area (Å²) in [6, 6.07) is 0. The predicted molar refractivity (Wildman–Crippen MR) is 63.7 cm³/mol. The molecule has 5 nitrogen and oxygen atoms in total. The molecule has 0 fully saturated rings. The molecule has 2 aromatic rings. The highest BCUT2D eigenvalue weighted by Gasteiger charge is 2.16. The summed E-state index contributed by atoms with van der Waals surface area (Å²) in [5.74, 6) is 0. The number of fused-ring (bicyclic) bond motifs is 1. The van der Waals surface area contributed by atoms with Gasteiger partial charge in [0.05, 0.1) is 12.4 Å². The Morgan fingerprint density at radius 1 is 1.44 bits per heavy atom. The van der Waals surface area contributed by atoms with Crippen LogP contribution < -0.4 is 0 Å². The van der Waals surface area contributed by atoms with Crippen LogP contribution in [0.2, 0.25) is 5.28 Å². The lowest BCUT2D eigenvalue weighted by Gasteiger charge is -2.13. The second-order valence-electron chi connectivity index (χ2n) is 3.46. The van der Waals surface area contributed by atoms with E-state index >= 15 is 0 Å². The summed E-state index contributed by atoms with van der Waals surface area (Å²) in [5, 5.41) is 10.4. The van der Waals surface area contributed by atoms with Crippen molar-refractivity contribution in [3.05, 3.63) is 11.6 Å². The van der Waals surface area contributed by atoms with Gasteiger partial charge in [0, 0.05) is 5.25 Å². The number of hydrogen-bond donors (Lipinski definition) is 2. The van der Waals surface area contributed by atoms with Crippen molar-refractivity contribution >= 4 is 34.5 Å². The summed E-state index contributed by atoms with van der Waals surface area (Å²) < 4.78 is 0. The molecule has 86 valence electrons. The van der Waals surface area contributed by atoms with Gasteiger partial charge < -0.3 is 10.1 Å². The first-order chi connectivity index (χ1) is 7.58. The van der Waals surface area contributed by atoms with E-state index in [9.17, 15) is 5.11 Å². The van der Waals surface area contributed by atoms with Crippen LogP contribution in [-0.2, 0) is 0 Å². The molecule has 2 rings (SSSR count). The van der Waals surface area contributed by atoms with Crippen LogP contribution in [-0.4, -0.2) is 36.4 Å². The van der Waals surface area contributed by atoms with E-state index in [-0.39, 0.29) is 10.5 Å². The van der Waals surface area contributed by atoms with E-state index in [0.717, 1.165) is 5.52 Å². The van der Waals surface area contributed by atoms with Gasteiger partial charge in [-0.2, -0.15) is 4.98 Å². The van der Waals surface area contributed by atoms with Crippen LogP contribution in [0.15, 0.2) is 11.4 Å². The van der Waals surface area contributed by atoms with Crippen LogP contribution in [0.3, 0.4) is 0 Å². The van der Waals surface area contributed by atoms with Crippen molar-refractivity contribution in [3.8, 4) is 0 Å². The maximum atomic E-state index is 9.45. The average Bonchev–Trinajstić information content (AvgIpc) is 2.65. The van der Waals surface area contributed by atoms with Gasteiger partial charge in [-0.1, -0.05) is 18.7 Å². The van der Waals surface area contributed by atoms with Gasteiger partial charge >= 0.3 is 0 Å². The Bertz CT molecular complexity index is 501. The van der Waals surface area contributed by atoms with Crippen molar-refractivity contribution in [2.75, 3.05) is 0 Å². The van der Waals surface area contributed by atoms with Gasteiger partial charge in [-0.05, 0) is 18.5 Å². The maximum absolute atomic E-state index is 9.45. The summed E-state index contributed by atoms with van der Waals surface area (Å²) in [6.07, 6.45) is 1.13. The van der Waals surface area contributed by atoms with Gasteiger partial charge in [0.15, 0.2) is 5.65 Å². The van der Waals surface area contributed by atoms with Gasteiger partial charge in [-0.3, -0.25) is 0 Å². The van der Waals surface area contributed by atoms with E-state index in [1.165, 1.54) is 11.8 Å². The summed E-state index contributed by atoms with van der Waals surface area (Å²) >= 11 is 7.23. The molecule has 0 aromatic carbocycles. The molecule has 0 bridgehead atoms. The molecule has 16 heavy (non-hydrogen) atoms. The van der Waals surface area contributed by atoms with Crippen molar-refractivity contribution in [1.29, 1.82) is 0 Å². The van der Waals surface area contributed by atoms with Crippen LogP contribution in [0, 0.1) is 0 Å². The second kappa shape index (κ2) is 4.57. The Kier molecular flexibility index (Phi) is 3.32. The Morgan fingerprint density at radius 2 is 2.19 bits per heavy atom. The zero-order chi connectivity index (χ0) is 11.7. The average molecular weight is 259 g/mol. The first-order valence-corrected chi connectivity index (χ1v) is 6.05. The van der Waals surface area contributed by atoms with Gasteiger partial charge in [-0.25, -0.2) is 9.97 Å². The Balaban J connectivity index is 2.39.